The molecule has 39 heavy (non-hydrogen) atoms. The molecule has 2 atom stereocenters. The summed E-state index contributed by atoms with van der Waals surface area (Å²) in [5, 5.41) is 4.02. The number of nitrogens with zero attached hydrogens (tertiary/aromatic N) is 3. The molecule has 9 heteroatoms. The molecule has 2 unspecified atom stereocenters. The average Bonchev–Trinajstić information content (AvgIpc) is 3.16. The van der Waals surface area contributed by atoms with Gasteiger partial charge in [0.15, 0.2) is 0 Å². The number of carbonyl (C=O) groups is 2. The molecule has 2 saturated heterocycles. The molecule has 2 aromatic rings. The van der Waals surface area contributed by atoms with Crippen LogP contribution in [0.4, 0.5) is 4.79 Å². The summed E-state index contributed by atoms with van der Waals surface area (Å²) >= 11 is 12.8. The Morgan fingerprint density at radius 2 is 1.79 bits per heavy atom. The molecule has 1 N–H and O–H groups in total. The first kappa shape index (κ1) is 28.1. The van der Waals surface area contributed by atoms with E-state index in [1.807, 2.05) is 67.1 Å². The number of hydrogen-bond acceptors (Lipinski definition) is 4. The van der Waals surface area contributed by atoms with E-state index in [0.717, 1.165) is 80.8 Å². The third kappa shape index (κ3) is 6.01. The molecule has 0 aromatic heterocycles. The van der Waals surface area contributed by atoms with Crippen molar-refractivity contribution in [3.05, 3.63) is 63.1 Å². The fourth-order valence-electron chi connectivity index (χ4n) is 6.36. The summed E-state index contributed by atoms with van der Waals surface area (Å²) in [5.74, 6) is 0.820. The minimum atomic E-state index is -0.143. The molecule has 3 heterocycles. The third-order valence-electron chi connectivity index (χ3n) is 8.30. The molecule has 0 spiro atoms. The summed E-state index contributed by atoms with van der Waals surface area (Å²) in [4.78, 5) is 32.0. The molecule has 5 rings (SSSR count). The van der Waals surface area contributed by atoms with Crippen molar-refractivity contribution in [2.45, 2.75) is 63.6 Å². The Kier molecular flexibility index (Phi) is 8.60. The first-order valence-electron chi connectivity index (χ1n) is 14.0. The number of hydrogen-bond donors (Lipinski definition) is 1. The maximum absolute atomic E-state index is 13.3. The average molecular weight is 574 g/mol. The largest absolute Gasteiger partial charge is 0.491 e. The Morgan fingerprint density at radius 1 is 1.03 bits per heavy atom. The van der Waals surface area contributed by atoms with Gasteiger partial charge in [0.05, 0.1) is 22.2 Å². The number of ether oxygens (including phenoxy) is 1. The molecular weight excluding hydrogens is 535 g/mol. The standard InChI is InChI=1S/C30H38Cl2N4O3/c1-19(2)39-22-6-7-24-25(18-22)28(34(3)29(24)37)23(20-5-8-26(31)27(32)17-20)11-16-35-14-9-21(10-15-35)36-13-4-12-33-30(36)38/h5-8,17-19,21,23,28H,4,9-16H2,1-3H3,(H,33,38). The van der Waals surface area contributed by atoms with Crippen molar-refractivity contribution >= 4 is 35.1 Å². The molecule has 0 saturated carbocycles. The molecule has 3 aliphatic heterocycles. The summed E-state index contributed by atoms with van der Waals surface area (Å²) in [6.45, 7) is 8.41. The van der Waals surface area contributed by atoms with E-state index in [0.29, 0.717) is 16.1 Å². The first-order chi connectivity index (χ1) is 18.7. The lowest BCUT2D eigenvalue weighted by molar-refractivity contribution is 0.0740. The van der Waals surface area contributed by atoms with Crippen molar-refractivity contribution in [2.24, 2.45) is 0 Å². The van der Waals surface area contributed by atoms with Gasteiger partial charge in [-0.25, -0.2) is 4.79 Å². The lowest BCUT2D eigenvalue weighted by atomic mass is 9.84. The summed E-state index contributed by atoms with van der Waals surface area (Å²) < 4.78 is 5.99. The number of nitrogens with one attached hydrogen (secondary N) is 1. The van der Waals surface area contributed by atoms with E-state index in [4.69, 9.17) is 27.9 Å². The van der Waals surface area contributed by atoms with Crippen LogP contribution in [-0.4, -0.2) is 78.6 Å². The van der Waals surface area contributed by atoms with Crippen LogP contribution in [0.2, 0.25) is 10.0 Å². The molecule has 0 radical (unpaired) electrons. The Hall–Kier alpha value is -2.48. The van der Waals surface area contributed by atoms with E-state index in [1.165, 1.54) is 0 Å². The lowest BCUT2D eigenvalue weighted by Crippen LogP contribution is -2.54. The smallest absolute Gasteiger partial charge is 0.317 e. The summed E-state index contributed by atoms with van der Waals surface area (Å²) in [5.41, 5.74) is 2.78. The Balaban J connectivity index is 1.36. The van der Waals surface area contributed by atoms with Gasteiger partial charge in [0.1, 0.15) is 5.75 Å². The number of rotatable bonds is 8. The van der Waals surface area contributed by atoms with Gasteiger partial charge in [-0.3, -0.25) is 4.79 Å². The van der Waals surface area contributed by atoms with Gasteiger partial charge >= 0.3 is 6.03 Å². The second kappa shape index (κ2) is 11.9. The lowest BCUT2D eigenvalue weighted by Gasteiger charge is -2.40. The molecule has 210 valence electrons. The maximum atomic E-state index is 13.3. The minimum absolute atomic E-state index is 0.0230. The van der Waals surface area contributed by atoms with Crippen molar-refractivity contribution < 1.29 is 14.3 Å². The topological polar surface area (TPSA) is 65.1 Å². The van der Waals surface area contributed by atoms with Gasteiger partial charge in [-0.1, -0.05) is 29.3 Å². The summed E-state index contributed by atoms with van der Waals surface area (Å²) in [6, 6.07) is 11.9. The zero-order valence-corrected chi connectivity index (χ0v) is 24.5. The van der Waals surface area contributed by atoms with Crippen molar-refractivity contribution in [2.75, 3.05) is 39.8 Å². The number of urea groups is 1. The maximum Gasteiger partial charge on any atom is 0.317 e. The number of fused-ring (bicyclic) bond motifs is 1. The molecule has 3 amide bonds. The van der Waals surface area contributed by atoms with Crippen LogP contribution in [0, 0.1) is 0 Å². The van der Waals surface area contributed by atoms with Gasteiger partial charge in [0.25, 0.3) is 5.91 Å². The Morgan fingerprint density at radius 3 is 2.49 bits per heavy atom. The van der Waals surface area contributed by atoms with Gasteiger partial charge in [-0.05, 0) is 87.5 Å². The highest BCUT2D eigenvalue weighted by Crippen LogP contribution is 2.46. The van der Waals surface area contributed by atoms with Crippen LogP contribution in [0.15, 0.2) is 36.4 Å². The predicted octanol–water partition coefficient (Wildman–Crippen LogP) is 5.96. The summed E-state index contributed by atoms with van der Waals surface area (Å²) in [7, 11) is 1.88. The highest BCUT2D eigenvalue weighted by atomic mass is 35.5. The molecule has 3 aliphatic rings. The minimum Gasteiger partial charge on any atom is -0.491 e. The fraction of sp³-hybridized carbons (Fsp3) is 0.533. The van der Waals surface area contributed by atoms with Crippen molar-refractivity contribution in [3.63, 3.8) is 0 Å². The van der Waals surface area contributed by atoms with E-state index in [-0.39, 0.29) is 30.0 Å². The number of likely N-dealkylation sites (N-methyl/N-ethyl adjacent to an activating group) is 1. The highest BCUT2D eigenvalue weighted by Gasteiger charge is 2.40. The number of benzene rings is 2. The number of likely N-dealkylation sites (tertiary alicyclic amines) is 1. The van der Waals surface area contributed by atoms with Gasteiger partial charge in [0, 0.05) is 50.7 Å². The third-order valence-corrected chi connectivity index (χ3v) is 9.04. The van der Waals surface area contributed by atoms with E-state index in [2.05, 4.69) is 10.2 Å². The monoisotopic (exact) mass is 572 g/mol. The number of amides is 3. The fourth-order valence-corrected chi connectivity index (χ4v) is 6.67. The predicted molar refractivity (Wildman–Crippen MR) is 155 cm³/mol. The van der Waals surface area contributed by atoms with E-state index < -0.39 is 0 Å². The van der Waals surface area contributed by atoms with Crippen molar-refractivity contribution in [1.29, 1.82) is 0 Å². The number of halogens is 2. The van der Waals surface area contributed by atoms with Crippen molar-refractivity contribution in [1.82, 2.24) is 20.0 Å². The van der Waals surface area contributed by atoms with E-state index >= 15 is 0 Å². The van der Waals surface area contributed by atoms with Crippen molar-refractivity contribution in [3.8, 4) is 5.75 Å². The van der Waals surface area contributed by atoms with Crippen LogP contribution < -0.4 is 10.1 Å². The molecule has 7 nitrogen and oxygen atoms in total. The second-order valence-electron chi connectivity index (χ2n) is 11.2. The van der Waals surface area contributed by atoms with Gasteiger partial charge < -0.3 is 24.8 Å². The highest BCUT2D eigenvalue weighted by molar-refractivity contribution is 6.42. The normalized spacial score (nSPS) is 21.3. The van der Waals surface area contributed by atoms with Gasteiger partial charge in [-0.2, -0.15) is 0 Å². The molecule has 0 aliphatic carbocycles. The second-order valence-corrected chi connectivity index (χ2v) is 12.0. The number of piperidine rings is 1. The van der Waals surface area contributed by atoms with Crippen LogP contribution in [0.5, 0.6) is 5.75 Å². The van der Waals surface area contributed by atoms with Gasteiger partial charge in [-0.15, -0.1) is 0 Å². The van der Waals surface area contributed by atoms with E-state index in [1.54, 1.807) is 0 Å². The first-order valence-corrected chi connectivity index (χ1v) is 14.8. The van der Waals surface area contributed by atoms with Gasteiger partial charge in [0.2, 0.25) is 0 Å². The quantitative estimate of drug-likeness (QED) is 0.423. The molecular formula is C30H38Cl2N4O3. The van der Waals surface area contributed by atoms with Crippen LogP contribution >= 0.6 is 23.2 Å². The summed E-state index contributed by atoms with van der Waals surface area (Å²) in [6.07, 6.45) is 3.86. The van der Waals surface area contributed by atoms with Crippen LogP contribution in [-0.2, 0) is 0 Å². The van der Waals surface area contributed by atoms with Crippen LogP contribution in [0.1, 0.15) is 73.0 Å². The van der Waals surface area contributed by atoms with Crippen LogP contribution in [0.3, 0.4) is 0 Å². The Labute approximate surface area is 241 Å². The SMILES string of the molecule is CC(C)Oc1ccc2c(c1)C(C(CCN1CCC(N3CCCNC3=O)CC1)c1ccc(Cl)c(Cl)c1)N(C)C2=O. The molecule has 2 fully saturated rings. The Bertz CT molecular complexity index is 1210. The number of carbonyl (C=O) groups excluding carboxylic acids is 2. The van der Waals surface area contributed by atoms with Crippen LogP contribution in [0.25, 0.3) is 0 Å². The zero-order chi connectivity index (χ0) is 27.7. The zero-order valence-electron chi connectivity index (χ0n) is 23.0. The van der Waals surface area contributed by atoms with E-state index in [9.17, 15) is 9.59 Å². The molecule has 0 bridgehead atoms. The molecule has 2 aromatic carbocycles.